The van der Waals surface area contributed by atoms with E-state index in [-0.39, 0.29) is 0 Å². The van der Waals surface area contributed by atoms with Crippen molar-refractivity contribution in [3.05, 3.63) is 41.6 Å². The van der Waals surface area contributed by atoms with Crippen LogP contribution in [-0.2, 0) is 0 Å². The topological polar surface area (TPSA) is 44.2 Å². The fourth-order valence-corrected chi connectivity index (χ4v) is 1.96. The van der Waals surface area contributed by atoms with Crippen LogP contribution in [0, 0.1) is 0 Å². The largest absolute Gasteiger partial charge is 0.490 e. The summed E-state index contributed by atoms with van der Waals surface area (Å²) in [6.07, 6.45) is 1.88. The molecule has 0 saturated heterocycles. The Morgan fingerprint density at radius 3 is 2.58 bits per heavy atom. The van der Waals surface area contributed by atoms with E-state index in [4.69, 9.17) is 21.1 Å². The van der Waals surface area contributed by atoms with Crippen molar-refractivity contribution in [1.29, 1.82) is 0 Å². The number of nitrogens with zero attached hydrogens (tertiary/aromatic N) is 2. The highest BCUT2D eigenvalue weighted by molar-refractivity contribution is 7.98. The van der Waals surface area contributed by atoms with Gasteiger partial charge in [-0.05, 0) is 18.4 Å². The highest BCUT2D eigenvalue weighted by Crippen LogP contribution is 2.18. The Labute approximate surface area is 121 Å². The molecule has 2 aromatic rings. The van der Waals surface area contributed by atoms with Crippen molar-refractivity contribution in [2.45, 2.75) is 5.16 Å². The second kappa shape index (κ2) is 7.21. The van der Waals surface area contributed by atoms with Gasteiger partial charge in [0, 0.05) is 6.07 Å². The summed E-state index contributed by atoms with van der Waals surface area (Å²) in [5, 5.41) is 0.963. The Bertz CT molecular complexity index is 525. The van der Waals surface area contributed by atoms with E-state index in [2.05, 4.69) is 9.97 Å². The maximum Gasteiger partial charge on any atom is 0.218 e. The van der Waals surface area contributed by atoms with Crippen molar-refractivity contribution >= 4 is 23.4 Å². The van der Waals surface area contributed by atoms with Crippen molar-refractivity contribution in [2.24, 2.45) is 0 Å². The van der Waals surface area contributed by atoms with Crippen LogP contribution in [-0.4, -0.2) is 29.4 Å². The van der Waals surface area contributed by atoms with Crippen LogP contribution in [0.3, 0.4) is 0 Å². The smallest absolute Gasteiger partial charge is 0.218 e. The highest BCUT2D eigenvalue weighted by Gasteiger charge is 2.03. The number of benzene rings is 1. The number of aromatic nitrogens is 2. The third kappa shape index (κ3) is 4.61. The molecule has 100 valence electrons. The van der Waals surface area contributed by atoms with Gasteiger partial charge in [0.25, 0.3) is 0 Å². The second-order valence-electron chi connectivity index (χ2n) is 3.53. The van der Waals surface area contributed by atoms with Gasteiger partial charge in [-0.2, -0.15) is 4.98 Å². The summed E-state index contributed by atoms with van der Waals surface area (Å²) in [6.45, 7) is 0.844. The molecule has 4 nitrogen and oxygen atoms in total. The van der Waals surface area contributed by atoms with E-state index in [0.29, 0.717) is 29.4 Å². The number of ether oxygens (including phenoxy) is 2. The molecule has 6 heteroatoms. The zero-order valence-corrected chi connectivity index (χ0v) is 11.9. The van der Waals surface area contributed by atoms with Crippen LogP contribution in [0.5, 0.6) is 11.6 Å². The molecule has 0 spiro atoms. The molecule has 1 aromatic carbocycles. The molecule has 0 fully saturated rings. The van der Waals surface area contributed by atoms with E-state index < -0.39 is 0 Å². The highest BCUT2D eigenvalue weighted by atomic mass is 35.5. The van der Waals surface area contributed by atoms with Crippen LogP contribution < -0.4 is 9.47 Å². The standard InChI is InChI=1S/C13H13ClN2O2S/c1-19-13-15-11(14)9-12(16-13)18-8-7-17-10-5-3-2-4-6-10/h2-6,9H,7-8H2,1H3. The van der Waals surface area contributed by atoms with Crippen LogP contribution in [0.15, 0.2) is 41.6 Å². The average molecular weight is 297 g/mol. The zero-order chi connectivity index (χ0) is 13.5. The molecular formula is C13H13ClN2O2S. The molecule has 0 amide bonds. The minimum atomic E-state index is 0.373. The van der Waals surface area contributed by atoms with Gasteiger partial charge < -0.3 is 9.47 Å². The third-order valence-electron chi connectivity index (χ3n) is 2.18. The van der Waals surface area contributed by atoms with Crippen molar-refractivity contribution in [3.8, 4) is 11.6 Å². The predicted octanol–water partition coefficient (Wildman–Crippen LogP) is 3.31. The lowest BCUT2D eigenvalue weighted by molar-refractivity contribution is 0.210. The van der Waals surface area contributed by atoms with Gasteiger partial charge in [-0.1, -0.05) is 41.6 Å². The Morgan fingerprint density at radius 1 is 1.11 bits per heavy atom. The number of thioether (sulfide) groups is 1. The molecule has 0 bridgehead atoms. The Balaban J connectivity index is 1.81. The van der Waals surface area contributed by atoms with E-state index in [1.807, 2.05) is 36.6 Å². The maximum absolute atomic E-state index is 5.86. The Kier molecular flexibility index (Phi) is 5.30. The van der Waals surface area contributed by atoms with Crippen LogP contribution >= 0.6 is 23.4 Å². The molecule has 0 aliphatic rings. The van der Waals surface area contributed by atoms with E-state index in [1.165, 1.54) is 11.8 Å². The minimum absolute atomic E-state index is 0.373. The molecule has 0 radical (unpaired) electrons. The first kappa shape index (κ1) is 14.0. The van der Waals surface area contributed by atoms with E-state index in [1.54, 1.807) is 6.07 Å². The van der Waals surface area contributed by atoms with Crippen molar-refractivity contribution in [1.82, 2.24) is 9.97 Å². The van der Waals surface area contributed by atoms with Crippen molar-refractivity contribution in [2.75, 3.05) is 19.5 Å². The van der Waals surface area contributed by atoms with Crippen molar-refractivity contribution < 1.29 is 9.47 Å². The number of rotatable bonds is 6. The van der Waals surface area contributed by atoms with Gasteiger partial charge in [-0.25, -0.2) is 4.98 Å². The van der Waals surface area contributed by atoms with Gasteiger partial charge in [-0.15, -0.1) is 0 Å². The Hall–Kier alpha value is -1.46. The number of hydrogen-bond donors (Lipinski definition) is 0. The summed E-state index contributed by atoms with van der Waals surface area (Å²) in [5.41, 5.74) is 0. The van der Waals surface area contributed by atoms with Gasteiger partial charge in [-0.3, -0.25) is 0 Å². The molecule has 0 unspecified atom stereocenters. The molecule has 0 atom stereocenters. The molecule has 0 N–H and O–H groups in total. The van der Waals surface area contributed by atoms with Crippen molar-refractivity contribution in [3.63, 3.8) is 0 Å². The lowest BCUT2D eigenvalue weighted by Gasteiger charge is -2.08. The maximum atomic E-state index is 5.86. The molecule has 2 rings (SSSR count). The van der Waals surface area contributed by atoms with E-state index in [0.717, 1.165) is 5.75 Å². The number of para-hydroxylation sites is 1. The summed E-state index contributed by atoms with van der Waals surface area (Å²) in [7, 11) is 0. The lowest BCUT2D eigenvalue weighted by atomic mass is 10.3. The van der Waals surface area contributed by atoms with E-state index >= 15 is 0 Å². The normalized spacial score (nSPS) is 10.2. The fourth-order valence-electron chi connectivity index (χ4n) is 1.36. The second-order valence-corrected chi connectivity index (χ2v) is 4.69. The summed E-state index contributed by atoms with van der Waals surface area (Å²) in [6, 6.07) is 11.2. The van der Waals surface area contributed by atoms with Gasteiger partial charge in [0.15, 0.2) is 5.16 Å². The predicted molar refractivity (Wildman–Crippen MR) is 76.3 cm³/mol. The SMILES string of the molecule is CSc1nc(Cl)cc(OCCOc2ccccc2)n1. The summed E-state index contributed by atoms with van der Waals surface area (Å²) in [4.78, 5) is 8.22. The van der Waals surface area contributed by atoms with E-state index in [9.17, 15) is 0 Å². The molecular weight excluding hydrogens is 284 g/mol. The quantitative estimate of drug-likeness (QED) is 0.354. The van der Waals surface area contributed by atoms with Crippen LogP contribution in [0.2, 0.25) is 5.15 Å². The first-order valence-corrected chi connectivity index (χ1v) is 7.27. The summed E-state index contributed by atoms with van der Waals surface area (Å²) >= 11 is 7.28. The lowest BCUT2D eigenvalue weighted by Crippen LogP contribution is -2.10. The van der Waals surface area contributed by atoms with Gasteiger partial charge >= 0.3 is 0 Å². The number of halogens is 1. The van der Waals surface area contributed by atoms with Gasteiger partial charge in [0.1, 0.15) is 24.1 Å². The fraction of sp³-hybridized carbons (Fsp3) is 0.231. The van der Waals surface area contributed by atoms with Crippen LogP contribution in [0.4, 0.5) is 0 Å². The monoisotopic (exact) mass is 296 g/mol. The molecule has 1 aromatic heterocycles. The first-order valence-electron chi connectivity index (χ1n) is 5.67. The zero-order valence-electron chi connectivity index (χ0n) is 10.4. The molecule has 19 heavy (non-hydrogen) atoms. The Morgan fingerprint density at radius 2 is 1.84 bits per heavy atom. The summed E-state index contributed by atoms with van der Waals surface area (Å²) in [5.74, 6) is 1.28. The van der Waals surface area contributed by atoms with Crippen LogP contribution in [0.1, 0.15) is 0 Å². The summed E-state index contributed by atoms with van der Waals surface area (Å²) < 4.78 is 11.0. The first-order chi connectivity index (χ1) is 9.28. The van der Waals surface area contributed by atoms with Crippen LogP contribution in [0.25, 0.3) is 0 Å². The molecule has 0 aliphatic heterocycles. The number of hydrogen-bond acceptors (Lipinski definition) is 5. The van der Waals surface area contributed by atoms with Gasteiger partial charge in [0.2, 0.25) is 5.88 Å². The third-order valence-corrected chi connectivity index (χ3v) is 2.92. The molecule has 0 saturated carbocycles. The molecule has 0 aliphatic carbocycles. The molecule has 1 heterocycles. The minimum Gasteiger partial charge on any atom is -0.490 e. The van der Waals surface area contributed by atoms with Gasteiger partial charge in [0.05, 0.1) is 0 Å². The average Bonchev–Trinajstić information content (AvgIpc) is 2.44.